The minimum absolute atomic E-state index is 0.171. The third kappa shape index (κ3) is 3.57. The summed E-state index contributed by atoms with van der Waals surface area (Å²) in [6.07, 6.45) is 0.0111. The standard InChI is InChI=1S/C17H16ClNO3S/c1-11(22-17(21)14-6-7-15(18)23-14)16(20)19-9-8-12-4-2-3-5-13(12)10-19/h2-7,11H,8-10H2,1H3. The van der Waals surface area contributed by atoms with E-state index in [2.05, 4.69) is 6.07 Å². The fourth-order valence-electron chi connectivity index (χ4n) is 2.63. The van der Waals surface area contributed by atoms with E-state index in [4.69, 9.17) is 16.3 Å². The number of thiophene rings is 1. The van der Waals surface area contributed by atoms with Crippen LogP contribution in [0, 0.1) is 0 Å². The first-order valence-electron chi connectivity index (χ1n) is 7.36. The molecule has 4 nitrogen and oxygen atoms in total. The van der Waals surface area contributed by atoms with Crippen LogP contribution in [0.15, 0.2) is 36.4 Å². The number of rotatable bonds is 3. The molecule has 0 spiro atoms. The van der Waals surface area contributed by atoms with Crippen LogP contribution in [0.3, 0.4) is 0 Å². The van der Waals surface area contributed by atoms with Crippen molar-refractivity contribution >= 4 is 34.8 Å². The Balaban J connectivity index is 1.63. The smallest absolute Gasteiger partial charge is 0.349 e. The van der Waals surface area contributed by atoms with E-state index >= 15 is 0 Å². The number of hydrogen-bond donors (Lipinski definition) is 0. The molecule has 0 N–H and O–H groups in total. The van der Waals surface area contributed by atoms with E-state index in [-0.39, 0.29) is 5.91 Å². The van der Waals surface area contributed by atoms with Crippen molar-refractivity contribution in [2.45, 2.75) is 26.0 Å². The van der Waals surface area contributed by atoms with Crippen molar-refractivity contribution in [3.63, 3.8) is 0 Å². The highest BCUT2D eigenvalue weighted by molar-refractivity contribution is 7.17. The van der Waals surface area contributed by atoms with Gasteiger partial charge in [-0.05, 0) is 36.6 Å². The van der Waals surface area contributed by atoms with Gasteiger partial charge in [-0.2, -0.15) is 0 Å². The lowest BCUT2D eigenvalue weighted by molar-refractivity contribution is -0.140. The predicted molar refractivity (Wildman–Crippen MR) is 89.8 cm³/mol. The van der Waals surface area contributed by atoms with Gasteiger partial charge in [-0.15, -0.1) is 11.3 Å². The number of hydrogen-bond acceptors (Lipinski definition) is 4. The molecule has 2 aromatic rings. The van der Waals surface area contributed by atoms with E-state index in [1.807, 2.05) is 18.2 Å². The van der Waals surface area contributed by atoms with Gasteiger partial charge in [0.2, 0.25) is 0 Å². The topological polar surface area (TPSA) is 46.6 Å². The fourth-order valence-corrected chi connectivity index (χ4v) is 3.56. The Kier molecular flexibility index (Phi) is 4.68. The van der Waals surface area contributed by atoms with Crippen molar-refractivity contribution < 1.29 is 14.3 Å². The number of esters is 1. The summed E-state index contributed by atoms with van der Waals surface area (Å²) in [7, 11) is 0. The number of ether oxygens (including phenoxy) is 1. The van der Waals surface area contributed by atoms with Crippen LogP contribution < -0.4 is 0 Å². The van der Waals surface area contributed by atoms with Crippen LogP contribution in [0.25, 0.3) is 0 Å². The molecule has 1 amide bonds. The number of halogens is 1. The fraction of sp³-hybridized carbons (Fsp3) is 0.294. The number of nitrogens with zero attached hydrogens (tertiary/aromatic N) is 1. The van der Waals surface area contributed by atoms with Crippen LogP contribution in [0.5, 0.6) is 0 Å². The molecular formula is C17H16ClNO3S. The molecule has 1 atom stereocenters. The molecule has 23 heavy (non-hydrogen) atoms. The Morgan fingerprint density at radius 2 is 1.96 bits per heavy atom. The SMILES string of the molecule is CC(OC(=O)c1ccc(Cl)s1)C(=O)N1CCc2ccccc2C1. The third-order valence-electron chi connectivity index (χ3n) is 3.85. The average Bonchev–Trinajstić information content (AvgIpc) is 3.00. The molecule has 0 saturated heterocycles. The van der Waals surface area contributed by atoms with Crippen LogP contribution in [0.1, 0.15) is 27.7 Å². The lowest BCUT2D eigenvalue weighted by Gasteiger charge is -2.30. The lowest BCUT2D eigenvalue weighted by atomic mass is 9.99. The average molecular weight is 350 g/mol. The zero-order valence-corrected chi connectivity index (χ0v) is 14.2. The molecule has 6 heteroatoms. The first kappa shape index (κ1) is 16.0. The molecule has 0 radical (unpaired) electrons. The van der Waals surface area contributed by atoms with Crippen LogP contribution >= 0.6 is 22.9 Å². The van der Waals surface area contributed by atoms with Gasteiger partial charge < -0.3 is 9.64 Å². The van der Waals surface area contributed by atoms with Gasteiger partial charge in [-0.25, -0.2) is 4.79 Å². The van der Waals surface area contributed by atoms with Crippen LogP contribution in [0.2, 0.25) is 4.34 Å². The first-order valence-corrected chi connectivity index (χ1v) is 8.56. The van der Waals surface area contributed by atoms with E-state index in [1.54, 1.807) is 24.0 Å². The quantitative estimate of drug-likeness (QED) is 0.796. The van der Waals surface area contributed by atoms with Gasteiger partial charge in [0.05, 0.1) is 4.34 Å². The molecule has 1 unspecified atom stereocenters. The number of benzene rings is 1. The molecule has 120 valence electrons. The second kappa shape index (κ2) is 6.72. The molecule has 0 saturated carbocycles. The Morgan fingerprint density at radius 3 is 2.65 bits per heavy atom. The normalized spacial score (nSPS) is 15.0. The number of amides is 1. The minimum atomic E-state index is -0.811. The maximum atomic E-state index is 12.5. The number of carbonyl (C=O) groups is 2. The summed E-state index contributed by atoms with van der Waals surface area (Å²) in [4.78, 5) is 26.7. The maximum absolute atomic E-state index is 12.5. The highest BCUT2D eigenvalue weighted by atomic mass is 35.5. The van der Waals surface area contributed by atoms with E-state index in [0.717, 1.165) is 23.3 Å². The molecule has 2 heterocycles. The van der Waals surface area contributed by atoms with E-state index in [9.17, 15) is 9.59 Å². The Morgan fingerprint density at radius 1 is 1.22 bits per heavy atom. The molecular weight excluding hydrogens is 334 g/mol. The van der Waals surface area contributed by atoms with Crippen molar-refractivity contribution in [1.82, 2.24) is 4.90 Å². The van der Waals surface area contributed by atoms with Gasteiger partial charge in [0.25, 0.3) is 5.91 Å². The zero-order chi connectivity index (χ0) is 16.4. The summed E-state index contributed by atoms with van der Waals surface area (Å²) >= 11 is 6.95. The van der Waals surface area contributed by atoms with Crippen molar-refractivity contribution in [2.24, 2.45) is 0 Å². The largest absolute Gasteiger partial charge is 0.448 e. The van der Waals surface area contributed by atoms with E-state index in [0.29, 0.717) is 22.3 Å². The second-order valence-corrected chi connectivity index (χ2v) is 7.14. The van der Waals surface area contributed by atoms with Gasteiger partial charge >= 0.3 is 5.97 Å². The lowest BCUT2D eigenvalue weighted by Crippen LogP contribution is -2.42. The summed E-state index contributed by atoms with van der Waals surface area (Å²) in [6, 6.07) is 11.3. The predicted octanol–water partition coefficient (Wildman–Crippen LogP) is 3.53. The molecule has 1 aliphatic rings. The maximum Gasteiger partial charge on any atom is 0.349 e. The second-order valence-electron chi connectivity index (χ2n) is 5.43. The van der Waals surface area contributed by atoms with Crippen molar-refractivity contribution in [1.29, 1.82) is 0 Å². The zero-order valence-electron chi connectivity index (χ0n) is 12.6. The van der Waals surface area contributed by atoms with Gasteiger partial charge in [0.15, 0.2) is 6.10 Å². The first-order chi connectivity index (χ1) is 11.0. The van der Waals surface area contributed by atoms with Crippen LogP contribution in [-0.2, 0) is 22.5 Å². The Labute approximate surface area is 143 Å². The van der Waals surface area contributed by atoms with Gasteiger partial charge in [-0.1, -0.05) is 35.9 Å². The number of carbonyl (C=O) groups excluding carboxylic acids is 2. The van der Waals surface area contributed by atoms with Gasteiger partial charge in [-0.3, -0.25) is 4.79 Å². The summed E-state index contributed by atoms with van der Waals surface area (Å²) < 4.78 is 5.79. The summed E-state index contributed by atoms with van der Waals surface area (Å²) in [5.74, 6) is -0.685. The summed E-state index contributed by atoms with van der Waals surface area (Å²) in [5, 5.41) is 0. The van der Waals surface area contributed by atoms with Gasteiger partial charge in [0.1, 0.15) is 4.88 Å². The monoisotopic (exact) mass is 349 g/mol. The number of fused-ring (bicyclic) bond motifs is 1. The molecule has 3 rings (SSSR count). The Hall–Kier alpha value is -1.85. The summed E-state index contributed by atoms with van der Waals surface area (Å²) in [5.41, 5.74) is 2.42. The molecule has 1 aliphatic heterocycles. The summed E-state index contributed by atoms with van der Waals surface area (Å²) in [6.45, 7) is 2.81. The van der Waals surface area contributed by atoms with Crippen molar-refractivity contribution in [2.75, 3.05) is 6.54 Å². The third-order valence-corrected chi connectivity index (χ3v) is 5.06. The highest BCUT2D eigenvalue weighted by Crippen LogP contribution is 2.23. The molecule has 0 aliphatic carbocycles. The molecule has 1 aromatic heterocycles. The van der Waals surface area contributed by atoms with Crippen LogP contribution in [-0.4, -0.2) is 29.4 Å². The highest BCUT2D eigenvalue weighted by Gasteiger charge is 2.27. The van der Waals surface area contributed by atoms with E-state index < -0.39 is 12.1 Å². The van der Waals surface area contributed by atoms with E-state index in [1.165, 1.54) is 5.56 Å². The van der Waals surface area contributed by atoms with Crippen molar-refractivity contribution in [3.8, 4) is 0 Å². The molecule has 1 aromatic carbocycles. The van der Waals surface area contributed by atoms with Gasteiger partial charge in [0, 0.05) is 13.1 Å². The molecule has 0 bridgehead atoms. The van der Waals surface area contributed by atoms with Crippen LogP contribution in [0.4, 0.5) is 0 Å². The molecule has 0 fully saturated rings. The van der Waals surface area contributed by atoms with Crippen molar-refractivity contribution in [3.05, 3.63) is 56.7 Å². The Bertz CT molecular complexity index is 743. The minimum Gasteiger partial charge on any atom is -0.448 e.